The fourth-order valence-corrected chi connectivity index (χ4v) is 1.31. The highest BCUT2D eigenvalue weighted by molar-refractivity contribution is 5.85. The first-order valence-electron chi connectivity index (χ1n) is 5.61. The Balaban J connectivity index is 0.00000256. The van der Waals surface area contributed by atoms with E-state index in [0.29, 0.717) is 6.61 Å². The van der Waals surface area contributed by atoms with Gasteiger partial charge in [-0.3, -0.25) is 4.79 Å². The highest BCUT2D eigenvalue weighted by Crippen LogP contribution is 2.08. The maximum absolute atomic E-state index is 11.6. The molecule has 2 unspecified atom stereocenters. The molecule has 3 nitrogen and oxygen atoms in total. The van der Waals surface area contributed by atoms with Crippen molar-refractivity contribution in [3.8, 4) is 0 Å². The van der Waals surface area contributed by atoms with Crippen molar-refractivity contribution in [1.29, 1.82) is 0 Å². The molecule has 0 aliphatic carbocycles. The molecule has 0 bridgehead atoms. The molecular formula is C13H20ClNO2. The topological polar surface area (TPSA) is 52.3 Å². The molecule has 0 fully saturated rings. The first kappa shape index (κ1) is 15.9. The van der Waals surface area contributed by atoms with Crippen LogP contribution < -0.4 is 5.73 Å². The number of ether oxygens (including phenoxy) is 1. The van der Waals surface area contributed by atoms with Gasteiger partial charge in [-0.15, -0.1) is 12.4 Å². The Hall–Kier alpha value is -1.06. The maximum atomic E-state index is 11.6. The molecular weight excluding hydrogens is 238 g/mol. The summed E-state index contributed by atoms with van der Waals surface area (Å²) in [5, 5.41) is 0. The van der Waals surface area contributed by atoms with Gasteiger partial charge in [-0.1, -0.05) is 50.6 Å². The van der Waals surface area contributed by atoms with E-state index >= 15 is 0 Å². The number of benzene rings is 1. The Bertz CT molecular complexity index is 329. The van der Waals surface area contributed by atoms with Crippen LogP contribution in [0.25, 0.3) is 0 Å². The Labute approximate surface area is 109 Å². The second kappa shape index (κ2) is 8.09. The lowest BCUT2D eigenvalue weighted by atomic mass is 10.0. The van der Waals surface area contributed by atoms with Crippen LogP contribution in [-0.4, -0.2) is 12.0 Å². The number of carbonyl (C=O) groups is 1. The van der Waals surface area contributed by atoms with E-state index in [-0.39, 0.29) is 24.3 Å². The third kappa shape index (κ3) is 5.20. The predicted molar refractivity (Wildman–Crippen MR) is 70.9 cm³/mol. The number of nitrogens with two attached hydrogens (primary N) is 1. The van der Waals surface area contributed by atoms with Crippen molar-refractivity contribution in [1.82, 2.24) is 0 Å². The summed E-state index contributed by atoms with van der Waals surface area (Å²) in [5.74, 6) is -0.165. The van der Waals surface area contributed by atoms with Crippen molar-refractivity contribution in [3.05, 3.63) is 35.9 Å². The highest BCUT2D eigenvalue weighted by atomic mass is 35.5. The number of hydrogen-bond acceptors (Lipinski definition) is 3. The molecule has 0 heterocycles. The molecule has 96 valence electrons. The molecule has 0 saturated carbocycles. The quantitative estimate of drug-likeness (QED) is 0.825. The standard InChI is InChI=1S/C13H19NO2.ClH/c1-3-10(2)12(14)13(15)16-9-11-7-5-4-6-8-11;/h4-8,10,12H,3,9,14H2,1-2H3;1H. The van der Waals surface area contributed by atoms with Gasteiger partial charge in [0.2, 0.25) is 0 Å². The lowest BCUT2D eigenvalue weighted by Gasteiger charge is -2.16. The summed E-state index contributed by atoms with van der Waals surface area (Å²) in [7, 11) is 0. The monoisotopic (exact) mass is 257 g/mol. The van der Waals surface area contributed by atoms with Crippen LogP contribution in [0.2, 0.25) is 0 Å². The van der Waals surface area contributed by atoms with Crippen molar-refractivity contribution < 1.29 is 9.53 Å². The summed E-state index contributed by atoms with van der Waals surface area (Å²) in [5.41, 5.74) is 6.74. The molecule has 4 heteroatoms. The molecule has 1 rings (SSSR count). The summed E-state index contributed by atoms with van der Waals surface area (Å²) in [6.07, 6.45) is 0.877. The molecule has 0 spiro atoms. The zero-order chi connectivity index (χ0) is 12.0. The molecule has 1 aromatic carbocycles. The largest absolute Gasteiger partial charge is 0.460 e. The Kier molecular flexibility index (Phi) is 7.59. The smallest absolute Gasteiger partial charge is 0.323 e. The average Bonchev–Trinajstić information content (AvgIpc) is 2.35. The molecule has 2 atom stereocenters. The lowest BCUT2D eigenvalue weighted by Crippen LogP contribution is -2.37. The van der Waals surface area contributed by atoms with E-state index in [4.69, 9.17) is 10.5 Å². The zero-order valence-electron chi connectivity index (χ0n) is 10.3. The van der Waals surface area contributed by atoms with Crippen LogP contribution in [0.4, 0.5) is 0 Å². The fraction of sp³-hybridized carbons (Fsp3) is 0.462. The highest BCUT2D eigenvalue weighted by Gasteiger charge is 2.20. The van der Waals surface area contributed by atoms with Gasteiger partial charge < -0.3 is 10.5 Å². The maximum Gasteiger partial charge on any atom is 0.323 e. The van der Waals surface area contributed by atoms with E-state index in [2.05, 4.69) is 0 Å². The van der Waals surface area contributed by atoms with Gasteiger partial charge in [-0.25, -0.2) is 0 Å². The van der Waals surface area contributed by atoms with Crippen LogP contribution in [0.1, 0.15) is 25.8 Å². The van der Waals surface area contributed by atoms with Crippen LogP contribution in [0.3, 0.4) is 0 Å². The molecule has 1 aromatic rings. The Morgan fingerprint density at radius 3 is 2.47 bits per heavy atom. The van der Waals surface area contributed by atoms with Crippen LogP contribution in [0, 0.1) is 5.92 Å². The third-order valence-corrected chi connectivity index (χ3v) is 2.75. The number of carbonyl (C=O) groups excluding carboxylic acids is 1. The molecule has 0 aromatic heterocycles. The molecule has 0 aliphatic rings. The SMILES string of the molecule is CCC(C)C(N)C(=O)OCc1ccccc1.Cl. The summed E-state index contributed by atoms with van der Waals surface area (Å²) in [6.45, 7) is 4.26. The average molecular weight is 258 g/mol. The Morgan fingerprint density at radius 1 is 1.35 bits per heavy atom. The molecule has 0 saturated heterocycles. The molecule has 0 aliphatic heterocycles. The molecule has 2 N–H and O–H groups in total. The van der Waals surface area contributed by atoms with Gasteiger partial charge in [0.25, 0.3) is 0 Å². The number of halogens is 1. The van der Waals surface area contributed by atoms with Gasteiger partial charge in [0, 0.05) is 0 Å². The summed E-state index contributed by atoms with van der Waals surface area (Å²) in [4.78, 5) is 11.6. The van der Waals surface area contributed by atoms with Crippen molar-refractivity contribution in [2.45, 2.75) is 32.9 Å². The van der Waals surface area contributed by atoms with Gasteiger partial charge in [-0.05, 0) is 11.5 Å². The van der Waals surface area contributed by atoms with Crippen molar-refractivity contribution in [2.75, 3.05) is 0 Å². The van der Waals surface area contributed by atoms with Gasteiger partial charge in [0.05, 0.1) is 0 Å². The summed E-state index contributed by atoms with van der Waals surface area (Å²) < 4.78 is 5.15. The fourth-order valence-electron chi connectivity index (χ4n) is 1.31. The minimum absolute atomic E-state index is 0. The van der Waals surface area contributed by atoms with E-state index in [1.54, 1.807) is 0 Å². The number of hydrogen-bond donors (Lipinski definition) is 1. The normalized spacial score (nSPS) is 13.4. The first-order chi connectivity index (χ1) is 7.65. The van der Waals surface area contributed by atoms with Gasteiger partial charge in [0.1, 0.15) is 12.6 Å². The van der Waals surface area contributed by atoms with Gasteiger partial charge >= 0.3 is 5.97 Å². The minimum Gasteiger partial charge on any atom is -0.460 e. The first-order valence-corrected chi connectivity index (χ1v) is 5.61. The zero-order valence-corrected chi connectivity index (χ0v) is 11.1. The minimum atomic E-state index is -0.520. The predicted octanol–water partition coefficient (Wildman–Crippen LogP) is 2.53. The number of rotatable bonds is 5. The summed E-state index contributed by atoms with van der Waals surface area (Å²) in [6, 6.07) is 9.07. The van der Waals surface area contributed by atoms with Crippen LogP contribution in [-0.2, 0) is 16.1 Å². The van der Waals surface area contributed by atoms with Gasteiger partial charge in [-0.2, -0.15) is 0 Å². The van der Waals surface area contributed by atoms with E-state index in [0.717, 1.165) is 12.0 Å². The Morgan fingerprint density at radius 2 is 1.94 bits per heavy atom. The van der Waals surface area contributed by atoms with Crippen molar-refractivity contribution in [3.63, 3.8) is 0 Å². The lowest BCUT2D eigenvalue weighted by molar-refractivity contribution is -0.147. The number of esters is 1. The van der Waals surface area contributed by atoms with Crippen molar-refractivity contribution >= 4 is 18.4 Å². The van der Waals surface area contributed by atoms with E-state index in [9.17, 15) is 4.79 Å². The molecule has 17 heavy (non-hydrogen) atoms. The third-order valence-electron chi connectivity index (χ3n) is 2.75. The second-order valence-corrected chi connectivity index (χ2v) is 4.00. The van der Waals surface area contributed by atoms with Crippen LogP contribution >= 0.6 is 12.4 Å². The van der Waals surface area contributed by atoms with Crippen LogP contribution in [0.5, 0.6) is 0 Å². The van der Waals surface area contributed by atoms with Crippen LogP contribution in [0.15, 0.2) is 30.3 Å². The van der Waals surface area contributed by atoms with E-state index in [1.807, 2.05) is 44.2 Å². The second-order valence-electron chi connectivity index (χ2n) is 4.00. The van der Waals surface area contributed by atoms with E-state index in [1.165, 1.54) is 0 Å². The molecule has 0 amide bonds. The molecule has 0 radical (unpaired) electrons. The van der Waals surface area contributed by atoms with Gasteiger partial charge in [0.15, 0.2) is 0 Å². The van der Waals surface area contributed by atoms with E-state index < -0.39 is 6.04 Å². The summed E-state index contributed by atoms with van der Waals surface area (Å²) >= 11 is 0. The van der Waals surface area contributed by atoms with Crippen molar-refractivity contribution in [2.24, 2.45) is 11.7 Å².